The number of Topliss-reactive ketones (excluding diaryl/α,β-unsaturated/α-hetero) is 1. The van der Waals surface area contributed by atoms with Crippen LogP contribution in [0.25, 0.3) is 0 Å². The molecule has 1 aliphatic rings. The first-order valence-corrected chi connectivity index (χ1v) is 5.27. The van der Waals surface area contributed by atoms with E-state index in [1.54, 1.807) is 6.07 Å². The topological polar surface area (TPSA) is 35.9 Å². The van der Waals surface area contributed by atoms with Gasteiger partial charge in [0.15, 0.2) is 0 Å². The first-order chi connectivity index (χ1) is 8.89. The third-order valence-electron chi connectivity index (χ3n) is 2.50. The summed E-state index contributed by atoms with van der Waals surface area (Å²) in [5.41, 5.74) is 0.0793. The van der Waals surface area contributed by atoms with Crippen LogP contribution in [-0.4, -0.2) is 41.3 Å². The molecule has 102 valence electrons. The molecular weight excluding hydrogens is 266 g/mol. The Morgan fingerprint density at radius 2 is 1.89 bits per heavy atom. The molecule has 0 radical (unpaired) electrons. The number of hydrazone groups is 1. The Labute approximate surface area is 105 Å². The second-order valence-corrected chi connectivity index (χ2v) is 3.82. The summed E-state index contributed by atoms with van der Waals surface area (Å²) in [6.07, 6.45) is -6.44. The van der Waals surface area contributed by atoms with E-state index in [1.807, 2.05) is 0 Å². The monoisotopic (exact) mass is 275 g/mol. The molecule has 0 fully saturated rings. The predicted molar refractivity (Wildman–Crippen MR) is 58.8 cm³/mol. The number of hydrogen-bond acceptors (Lipinski definition) is 4. The van der Waals surface area contributed by atoms with E-state index in [0.717, 1.165) is 0 Å². The van der Waals surface area contributed by atoms with Crippen LogP contribution in [0, 0.1) is 0 Å². The van der Waals surface area contributed by atoms with Gasteiger partial charge in [0.1, 0.15) is 13.0 Å². The zero-order valence-electron chi connectivity index (χ0n) is 9.51. The quantitative estimate of drug-likeness (QED) is 0.482. The minimum absolute atomic E-state index is 0.0793. The fourth-order valence-corrected chi connectivity index (χ4v) is 1.51. The summed E-state index contributed by atoms with van der Waals surface area (Å²) in [4.78, 5) is 11.6. The molecule has 1 unspecified atom stereocenters. The van der Waals surface area contributed by atoms with Gasteiger partial charge in [-0.1, -0.05) is 30.3 Å². The van der Waals surface area contributed by atoms with Crippen LogP contribution in [0.4, 0.5) is 17.6 Å². The van der Waals surface area contributed by atoms with Crippen LogP contribution in [-0.2, 0) is 0 Å². The van der Waals surface area contributed by atoms with Crippen molar-refractivity contribution < 1.29 is 22.4 Å². The first-order valence-electron chi connectivity index (χ1n) is 5.27. The minimum atomic E-state index is -4.65. The molecule has 0 aromatic heterocycles. The van der Waals surface area contributed by atoms with E-state index in [0.29, 0.717) is 11.3 Å². The van der Waals surface area contributed by atoms with Crippen LogP contribution >= 0.6 is 0 Å². The fraction of sp³-hybridized carbons (Fsp3) is 0.273. The van der Waals surface area contributed by atoms with Gasteiger partial charge in [-0.25, -0.2) is 9.40 Å². The molecular formula is C11H9F4N3O. The van der Waals surface area contributed by atoms with Crippen molar-refractivity contribution in [3.8, 4) is 0 Å². The standard InChI is InChI=1S/C11H9F4N3O/c12-10(9(19)8-4-2-1-3-5-8)18-7-17(6-16-18)11(13,14)15/h1-6,10H,7H2. The van der Waals surface area contributed by atoms with Crippen LogP contribution in [0.1, 0.15) is 10.4 Å². The summed E-state index contributed by atoms with van der Waals surface area (Å²) < 4.78 is 50.8. The van der Waals surface area contributed by atoms with E-state index in [2.05, 4.69) is 5.10 Å². The average molecular weight is 275 g/mol. The Balaban J connectivity index is 2.05. The lowest BCUT2D eigenvalue weighted by Gasteiger charge is -2.22. The van der Waals surface area contributed by atoms with E-state index in [1.165, 1.54) is 24.3 Å². The Morgan fingerprint density at radius 1 is 1.26 bits per heavy atom. The van der Waals surface area contributed by atoms with Crippen LogP contribution in [0.3, 0.4) is 0 Å². The lowest BCUT2D eigenvalue weighted by molar-refractivity contribution is -0.221. The normalized spacial score (nSPS) is 16.8. The maximum absolute atomic E-state index is 13.8. The smallest absolute Gasteiger partial charge is 0.289 e. The number of halogens is 4. The second kappa shape index (κ2) is 4.87. The molecule has 2 rings (SSSR count). The van der Waals surface area contributed by atoms with Crippen LogP contribution in [0.2, 0.25) is 0 Å². The summed E-state index contributed by atoms with van der Waals surface area (Å²) in [5, 5.41) is 3.70. The minimum Gasteiger partial charge on any atom is -0.289 e. The Bertz CT molecular complexity index is 488. The highest BCUT2D eigenvalue weighted by Gasteiger charge is 2.41. The maximum atomic E-state index is 13.8. The molecule has 1 aliphatic heterocycles. The van der Waals surface area contributed by atoms with E-state index in [9.17, 15) is 22.4 Å². The lowest BCUT2D eigenvalue weighted by Crippen LogP contribution is -2.42. The molecule has 8 heteroatoms. The van der Waals surface area contributed by atoms with Gasteiger partial charge in [-0.15, -0.1) is 13.2 Å². The van der Waals surface area contributed by atoms with Crippen molar-refractivity contribution in [2.75, 3.05) is 6.67 Å². The van der Waals surface area contributed by atoms with E-state index in [-0.39, 0.29) is 10.5 Å². The Morgan fingerprint density at radius 3 is 2.42 bits per heavy atom. The van der Waals surface area contributed by atoms with Crippen LogP contribution < -0.4 is 0 Å². The zero-order valence-corrected chi connectivity index (χ0v) is 9.51. The molecule has 0 N–H and O–H groups in total. The number of hydrogen-bond donors (Lipinski definition) is 0. The molecule has 1 heterocycles. The highest BCUT2D eigenvalue weighted by atomic mass is 19.4. The van der Waals surface area contributed by atoms with Crippen molar-refractivity contribution in [2.45, 2.75) is 12.6 Å². The molecule has 19 heavy (non-hydrogen) atoms. The molecule has 1 aromatic rings. The summed E-state index contributed by atoms with van der Waals surface area (Å²) in [7, 11) is 0. The van der Waals surface area contributed by atoms with E-state index < -0.39 is 25.0 Å². The van der Waals surface area contributed by atoms with Gasteiger partial charge in [-0.2, -0.15) is 5.10 Å². The molecule has 0 spiro atoms. The molecule has 0 saturated carbocycles. The van der Waals surface area contributed by atoms with Crippen LogP contribution in [0.15, 0.2) is 35.4 Å². The van der Waals surface area contributed by atoms with Gasteiger partial charge in [-0.3, -0.25) is 9.69 Å². The lowest BCUT2D eigenvalue weighted by atomic mass is 10.1. The molecule has 0 saturated heterocycles. The fourth-order valence-electron chi connectivity index (χ4n) is 1.51. The third-order valence-corrected chi connectivity index (χ3v) is 2.50. The van der Waals surface area contributed by atoms with Gasteiger partial charge >= 0.3 is 6.30 Å². The maximum Gasteiger partial charge on any atom is 0.487 e. The number of carbonyl (C=O) groups excluding carboxylic acids is 1. The highest BCUT2D eigenvalue weighted by Crippen LogP contribution is 2.24. The summed E-state index contributed by atoms with van der Waals surface area (Å²) in [6.45, 7) is -0.844. The highest BCUT2D eigenvalue weighted by molar-refractivity contribution is 5.99. The first kappa shape index (κ1) is 13.3. The van der Waals surface area contributed by atoms with Crippen molar-refractivity contribution in [1.29, 1.82) is 0 Å². The molecule has 1 aromatic carbocycles. The van der Waals surface area contributed by atoms with Crippen molar-refractivity contribution in [3.63, 3.8) is 0 Å². The van der Waals surface area contributed by atoms with Gasteiger partial charge in [0, 0.05) is 5.56 Å². The van der Waals surface area contributed by atoms with Crippen molar-refractivity contribution in [1.82, 2.24) is 9.91 Å². The predicted octanol–water partition coefficient (Wildman–Crippen LogP) is 2.20. The van der Waals surface area contributed by atoms with Gasteiger partial charge in [0.25, 0.3) is 6.30 Å². The van der Waals surface area contributed by atoms with E-state index in [4.69, 9.17) is 0 Å². The number of rotatable bonds is 3. The summed E-state index contributed by atoms with van der Waals surface area (Å²) >= 11 is 0. The summed E-state index contributed by atoms with van der Waals surface area (Å²) in [5.74, 6) is -0.929. The van der Waals surface area contributed by atoms with Gasteiger partial charge in [-0.05, 0) is 0 Å². The largest absolute Gasteiger partial charge is 0.487 e. The number of ketones is 1. The molecule has 4 nitrogen and oxygen atoms in total. The summed E-state index contributed by atoms with van der Waals surface area (Å²) in [6, 6.07) is 7.49. The molecule has 0 aliphatic carbocycles. The Kier molecular flexibility index (Phi) is 3.41. The number of alkyl halides is 4. The molecule has 0 bridgehead atoms. The number of benzene rings is 1. The number of nitrogens with zero attached hydrogens (tertiary/aromatic N) is 3. The molecule has 1 atom stereocenters. The third kappa shape index (κ3) is 2.83. The Hall–Kier alpha value is -2.12. The van der Waals surface area contributed by atoms with Crippen molar-refractivity contribution in [3.05, 3.63) is 35.9 Å². The second-order valence-electron chi connectivity index (χ2n) is 3.82. The SMILES string of the molecule is O=C(c1ccccc1)C(F)N1CN(C(F)(F)F)C=N1. The zero-order chi connectivity index (χ0) is 14.0. The molecule has 0 amide bonds. The number of carbonyl (C=O) groups is 1. The van der Waals surface area contributed by atoms with E-state index >= 15 is 0 Å². The van der Waals surface area contributed by atoms with Gasteiger partial charge in [0.05, 0.1) is 0 Å². The van der Waals surface area contributed by atoms with Gasteiger partial charge < -0.3 is 0 Å². The van der Waals surface area contributed by atoms with Crippen molar-refractivity contribution >= 4 is 12.1 Å². The van der Waals surface area contributed by atoms with Gasteiger partial charge in [0.2, 0.25) is 5.78 Å². The average Bonchev–Trinajstić information content (AvgIpc) is 2.87. The van der Waals surface area contributed by atoms with Crippen molar-refractivity contribution in [2.24, 2.45) is 5.10 Å². The van der Waals surface area contributed by atoms with Crippen LogP contribution in [0.5, 0.6) is 0 Å².